The molecule has 1 aromatic heterocycles. The summed E-state index contributed by atoms with van der Waals surface area (Å²) in [7, 11) is 0. The van der Waals surface area contributed by atoms with Crippen molar-refractivity contribution < 1.29 is 4.79 Å². The highest BCUT2D eigenvalue weighted by molar-refractivity contribution is 5.94. The molecular weight excluding hydrogens is 238 g/mol. The molecule has 4 heteroatoms. The van der Waals surface area contributed by atoms with Crippen molar-refractivity contribution in [2.75, 3.05) is 0 Å². The summed E-state index contributed by atoms with van der Waals surface area (Å²) in [6.45, 7) is 2.24. The summed E-state index contributed by atoms with van der Waals surface area (Å²) in [4.78, 5) is 16.0. The van der Waals surface area contributed by atoms with E-state index < -0.39 is 0 Å². The van der Waals surface area contributed by atoms with Crippen LogP contribution in [-0.2, 0) is 6.54 Å². The zero-order chi connectivity index (χ0) is 13.7. The van der Waals surface area contributed by atoms with Crippen LogP contribution in [0, 0.1) is 18.3 Å². The van der Waals surface area contributed by atoms with Crippen LogP contribution in [0.2, 0.25) is 0 Å². The van der Waals surface area contributed by atoms with E-state index in [4.69, 9.17) is 5.26 Å². The topological polar surface area (TPSA) is 65.8 Å². The van der Waals surface area contributed by atoms with Gasteiger partial charge >= 0.3 is 0 Å². The van der Waals surface area contributed by atoms with E-state index in [0.717, 1.165) is 11.3 Å². The Kier molecular flexibility index (Phi) is 3.89. The Morgan fingerprint density at radius 3 is 2.95 bits per heavy atom. The highest BCUT2D eigenvalue weighted by Crippen LogP contribution is 2.05. The molecule has 0 saturated heterocycles. The van der Waals surface area contributed by atoms with Crippen LogP contribution in [0.5, 0.6) is 0 Å². The zero-order valence-electron chi connectivity index (χ0n) is 10.6. The number of nitriles is 1. The molecule has 2 aromatic rings. The molecule has 1 N–H and O–H groups in total. The number of rotatable bonds is 3. The summed E-state index contributed by atoms with van der Waals surface area (Å²) in [6, 6.07) is 12.7. The molecule has 2 rings (SSSR count). The Balaban J connectivity index is 2.02. The molecule has 0 aliphatic heterocycles. The lowest BCUT2D eigenvalue weighted by molar-refractivity contribution is 0.0950. The molecule has 1 amide bonds. The number of benzene rings is 1. The van der Waals surface area contributed by atoms with E-state index in [1.165, 1.54) is 0 Å². The number of nitrogens with zero attached hydrogens (tertiary/aromatic N) is 2. The van der Waals surface area contributed by atoms with Crippen molar-refractivity contribution in [2.24, 2.45) is 0 Å². The summed E-state index contributed by atoms with van der Waals surface area (Å²) in [6.07, 6.45) is 1.61. The molecule has 0 aliphatic rings. The molecule has 0 aliphatic carbocycles. The van der Waals surface area contributed by atoms with Gasteiger partial charge in [0, 0.05) is 24.0 Å². The number of nitrogens with one attached hydrogen (secondary N) is 1. The van der Waals surface area contributed by atoms with Gasteiger partial charge in [0.25, 0.3) is 5.91 Å². The molecule has 0 saturated carbocycles. The summed E-state index contributed by atoms with van der Waals surface area (Å²) in [5.41, 5.74) is 2.88. The van der Waals surface area contributed by atoms with Crippen LogP contribution in [-0.4, -0.2) is 10.9 Å². The number of amides is 1. The Hall–Kier alpha value is -2.67. The SMILES string of the molecule is Cc1cc(C(=O)NCc2cccc(C#N)c2)ccn1. The predicted octanol–water partition coefficient (Wildman–Crippen LogP) is 2.19. The first-order valence-electron chi connectivity index (χ1n) is 5.89. The molecule has 0 unspecified atom stereocenters. The van der Waals surface area contributed by atoms with Crippen LogP contribution in [0.3, 0.4) is 0 Å². The molecule has 0 atom stereocenters. The predicted molar refractivity (Wildman–Crippen MR) is 71.3 cm³/mol. The molecule has 19 heavy (non-hydrogen) atoms. The number of hydrogen-bond acceptors (Lipinski definition) is 3. The van der Waals surface area contributed by atoms with Crippen LogP contribution in [0.4, 0.5) is 0 Å². The van der Waals surface area contributed by atoms with Gasteiger partial charge in [0.1, 0.15) is 0 Å². The van der Waals surface area contributed by atoms with Crippen LogP contribution < -0.4 is 5.32 Å². The Morgan fingerprint density at radius 1 is 1.37 bits per heavy atom. The van der Waals surface area contributed by atoms with Crippen molar-refractivity contribution in [3.63, 3.8) is 0 Å². The van der Waals surface area contributed by atoms with Gasteiger partial charge in [-0.15, -0.1) is 0 Å². The molecule has 0 spiro atoms. The number of aromatic nitrogens is 1. The van der Waals surface area contributed by atoms with Crippen molar-refractivity contribution in [2.45, 2.75) is 13.5 Å². The minimum absolute atomic E-state index is 0.145. The van der Waals surface area contributed by atoms with Gasteiger partial charge in [-0.3, -0.25) is 9.78 Å². The number of carbonyl (C=O) groups excluding carboxylic acids is 1. The van der Waals surface area contributed by atoms with Gasteiger partial charge in [0.15, 0.2) is 0 Å². The van der Waals surface area contributed by atoms with E-state index in [1.54, 1.807) is 36.5 Å². The number of hydrogen-bond donors (Lipinski definition) is 1. The van der Waals surface area contributed by atoms with Crippen LogP contribution >= 0.6 is 0 Å². The normalized spacial score (nSPS) is 9.68. The van der Waals surface area contributed by atoms with E-state index in [1.807, 2.05) is 13.0 Å². The van der Waals surface area contributed by atoms with Crippen LogP contribution in [0.1, 0.15) is 27.2 Å². The van der Waals surface area contributed by atoms with Gasteiger partial charge in [0.2, 0.25) is 0 Å². The molecule has 1 aromatic carbocycles. The number of pyridine rings is 1. The third kappa shape index (κ3) is 3.39. The average molecular weight is 251 g/mol. The lowest BCUT2D eigenvalue weighted by Gasteiger charge is -2.06. The van der Waals surface area contributed by atoms with Crippen molar-refractivity contribution in [1.82, 2.24) is 10.3 Å². The fourth-order valence-corrected chi connectivity index (χ4v) is 1.72. The van der Waals surface area contributed by atoms with Gasteiger partial charge in [-0.25, -0.2) is 0 Å². The summed E-state index contributed by atoms with van der Waals surface area (Å²) < 4.78 is 0. The molecule has 0 radical (unpaired) electrons. The maximum Gasteiger partial charge on any atom is 0.251 e. The standard InChI is InChI=1S/C15H13N3O/c1-11-7-14(5-6-17-11)15(19)18-10-13-4-2-3-12(8-13)9-16/h2-8H,10H2,1H3,(H,18,19). The minimum atomic E-state index is -0.145. The van der Waals surface area contributed by atoms with Gasteiger partial charge in [-0.05, 0) is 36.8 Å². The van der Waals surface area contributed by atoms with Crippen LogP contribution in [0.15, 0.2) is 42.6 Å². The van der Waals surface area contributed by atoms with E-state index in [9.17, 15) is 4.79 Å². The molecule has 0 fully saturated rings. The molecule has 94 valence electrons. The average Bonchev–Trinajstić information content (AvgIpc) is 2.45. The summed E-state index contributed by atoms with van der Waals surface area (Å²) in [5, 5.41) is 11.6. The first kappa shape index (κ1) is 12.8. The highest BCUT2D eigenvalue weighted by Gasteiger charge is 2.05. The van der Waals surface area contributed by atoms with Crippen molar-refractivity contribution >= 4 is 5.91 Å². The van der Waals surface area contributed by atoms with Gasteiger partial charge in [0.05, 0.1) is 11.6 Å². The van der Waals surface area contributed by atoms with Crippen LogP contribution in [0.25, 0.3) is 0 Å². The fourth-order valence-electron chi connectivity index (χ4n) is 1.72. The first-order chi connectivity index (χ1) is 9.19. The van der Waals surface area contributed by atoms with Gasteiger partial charge in [-0.1, -0.05) is 12.1 Å². The Labute approximate surface area is 111 Å². The Morgan fingerprint density at radius 2 is 2.21 bits per heavy atom. The summed E-state index contributed by atoms with van der Waals surface area (Å²) in [5.74, 6) is -0.145. The van der Waals surface area contributed by atoms with Crippen molar-refractivity contribution in [1.29, 1.82) is 5.26 Å². The van der Waals surface area contributed by atoms with Crippen molar-refractivity contribution in [3.8, 4) is 6.07 Å². The number of carbonyl (C=O) groups is 1. The second kappa shape index (κ2) is 5.78. The largest absolute Gasteiger partial charge is 0.348 e. The van der Waals surface area contributed by atoms with Gasteiger partial charge < -0.3 is 5.32 Å². The molecular formula is C15H13N3O. The van der Waals surface area contributed by atoms with Gasteiger partial charge in [-0.2, -0.15) is 5.26 Å². The molecule has 4 nitrogen and oxygen atoms in total. The second-order valence-corrected chi connectivity index (χ2v) is 4.18. The first-order valence-corrected chi connectivity index (χ1v) is 5.89. The third-order valence-corrected chi connectivity index (χ3v) is 2.67. The highest BCUT2D eigenvalue weighted by atomic mass is 16.1. The number of aryl methyl sites for hydroxylation is 1. The second-order valence-electron chi connectivity index (χ2n) is 4.18. The van der Waals surface area contributed by atoms with Crippen molar-refractivity contribution in [3.05, 3.63) is 65.0 Å². The monoisotopic (exact) mass is 251 g/mol. The summed E-state index contributed by atoms with van der Waals surface area (Å²) >= 11 is 0. The van der Waals surface area contributed by atoms with E-state index in [2.05, 4.69) is 16.4 Å². The maximum atomic E-state index is 11.9. The van der Waals surface area contributed by atoms with E-state index in [0.29, 0.717) is 17.7 Å². The lowest BCUT2D eigenvalue weighted by atomic mass is 10.1. The quantitative estimate of drug-likeness (QED) is 0.909. The fraction of sp³-hybridized carbons (Fsp3) is 0.133. The zero-order valence-corrected chi connectivity index (χ0v) is 10.6. The Bertz CT molecular complexity index is 644. The molecule has 0 bridgehead atoms. The smallest absolute Gasteiger partial charge is 0.251 e. The van der Waals surface area contributed by atoms with E-state index >= 15 is 0 Å². The third-order valence-electron chi connectivity index (χ3n) is 2.67. The molecule has 1 heterocycles. The minimum Gasteiger partial charge on any atom is -0.348 e. The van der Waals surface area contributed by atoms with E-state index in [-0.39, 0.29) is 5.91 Å². The lowest BCUT2D eigenvalue weighted by Crippen LogP contribution is -2.22. The maximum absolute atomic E-state index is 11.9.